The predicted octanol–water partition coefficient (Wildman–Crippen LogP) is 3.84. The second-order valence-electron chi connectivity index (χ2n) is 9.19. The Kier molecular flexibility index (Phi) is 7.27. The Morgan fingerprint density at radius 2 is 1.70 bits per heavy atom. The standard InChI is InChI=1S/C28H30N4O4S/c1-20-6-12-24(13-7-20)37(34,35)31-27(18-21-19-29-26-5-3-2-4-25(21)26)28(33)30-22-8-10-23(11-9-22)32-14-16-36-17-15-32/h2-13,19,27,29,31H,14-18H2,1H3,(H,30,33). The maximum atomic E-state index is 13.4. The number of aromatic nitrogens is 1. The molecule has 1 aromatic heterocycles. The van der Waals surface area contributed by atoms with E-state index in [2.05, 4.69) is 19.9 Å². The van der Waals surface area contributed by atoms with Crippen LogP contribution in [0.4, 0.5) is 11.4 Å². The van der Waals surface area contributed by atoms with E-state index < -0.39 is 22.0 Å². The molecule has 37 heavy (non-hydrogen) atoms. The summed E-state index contributed by atoms with van der Waals surface area (Å²) >= 11 is 0. The molecule has 5 rings (SSSR count). The summed E-state index contributed by atoms with van der Waals surface area (Å²) in [6.07, 6.45) is 2.01. The van der Waals surface area contributed by atoms with Gasteiger partial charge < -0.3 is 19.9 Å². The maximum Gasteiger partial charge on any atom is 0.242 e. The molecule has 8 nitrogen and oxygen atoms in total. The lowest BCUT2D eigenvalue weighted by Crippen LogP contribution is -2.45. The number of carbonyl (C=O) groups excluding carboxylic acids is 1. The minimum Gasteiger partial charge on any atom is -0.378 e. The zero-order chi connectivity index (χ0) is 25.8. The molecule has 0 radical (unpaired) electrons. The molecule has 1 aliphatic rings. The van der Waals surface area contributed by atoms with Gasteiger partial charge in [-0.2, -0.15) is 4.72 Å². The van der Waals surface area contributed by atoms with Gasteiger partial charge in [0.15, 0.2) is 0 Å². The monoisotopic (exact) mass is 518 g/mol. The van der Waals surface area contributed by atoms with Crippen molar-refractivity contribution in [2.24, 2.45) is 0 Å². The molecule has 1 aliphatic heterocycles. The van der Waals surface area contributed by atoms with Crippen molar-refractivity contribution in [1.82, 2.24) is 9.71 Å². The van der Waals surface area contributed by atoms with E-state index in [-0.39, 0.29) is 11.3 Å². The summed E-state index contributed by atoms with van der Waals surface area (Å²) < 4.78 is 34.5. The van der Waals surface area contributed by atoms with Gasteiger partial charge in [0.05, 0.1) is 18.1 Å². The smallest absolute Gasteiger partial charge is 0.242 e. The number of hydrogen-bond acceptors (Lipinski definition) is 5. The summed E-state index contributed by atoms with van der Waals surface area (Å²) in [5, 5.41) is 3.85. The van der Waals surface area contributed by atoms with Gasteiger partial charge in [-0.15, -0.1) is 0 Å². The lowest BCUT2D eigenvalue weighted by molar-refractivity contribution is -0.117. The molecule has 0 bridgehead atoms. The fourth-order valence-corrected chi connectivity index (χ4v) is 5.68. The van der Waals surface area contributed by atoms with E-state index in [1.54, 1.807) is 24.3 Å². The van der Waals surface area contributed by atoms with Crippen LogP contribution in [-0.2, 0) is 26.0 Å². The third-order valence-corrected chi connectivity index (χ3v) is 8.04. The number of nitrogens with zero attached hydrogens (tertiary/aromatic N) is 1. The van der Waals surface area contributed by atoms with Crippen LogP contribution in [-0.4, -0.2) is 51.7 Å². The van der Waals surface area contributed by atoms with Gasteiger partial charge in [0, 0.05) is 41.6 Å². The van der Waals surface area contributed by atoms with Crippen molar-refractivity contribution in [2.45, 2.75) is 24.3 Å². The highest BCUT2D eigenvalue weighted by Gasteiger charge is 2.27. The summed E-state index contributed by atoms with van der Waals surface area (Å²) in [6, 6.07) is 20.8. The summed E-state index contributed by atoms with van der Waals surface area (Å²) in [6.45, 7) is 4.91. The molecule has 192 valence electrons. The van der Waals surface area contributed by atoms with E-state index in [0.717, 1.165) is 40.8 Å². The third kappa shape index (κ3) is 5.85. The van der Waals surface area contributed by atoms with Crippen molar-refractivity contribution in [2.75, 3.05) is 36.5 Å². The molecule has 1 saturated heterocycles. The first kappa shape index (κ1) is 25.0. The highest BCUT2D eigenvalue weighted by Crippen LogP contribution is 2.22. The molecule has 1 amide bonds. The summed E-state index contributed by atoms with van der Waals surface area (Å²) in [5.41, 5.74) is 4.38. The number of anilines is 2. The van der Waals surface area contributed by atoms with Crippen LogP contribution in [0.15, 0.2) is 83.9 Å². The first-order chi connectivity index (χ1) is 17.9. The van der Waals surface area contributed by atoms with E-state index in [9.17, 15) is 13.2 Å². The Labute approximate surface area is 216 Å². The SMILES string of the molecule is Cc1ccc(S(=O)(=O)NC(Cc2c[nH]c3ccccc23)C(=O)Nc2ccc(N3CCOCC3)cc2)cc1. The topological polar surface area (TPSA) is 104 Å². The van der Waals surface area contributed by atoms with Gasteiger partial charge in [-0.05, 0) is 61.4 Å². The minimum absolute atomic E-state index is 0.115. The Balaban J connectivity index is 1.38. The van der Waals surface area contributed by atoms with Crippen LogP contribution in [0.3, 0.4) is 0 Å². The van der Waals surface area contributed by atoms with Crippen molar-refractivity contribution in [3.8, 4) is 0 Å². The van der Waals surface area contributed by atoms with E-state index >= 15 is 0 Å². The number of carbonyl (C=O) groups is 1. The second-order valence-corrected chi connectivity index (χ2v) is 10.9. The number of nitrogens with one attached hydrogen (secondary N) is 3. The van der Waals surface area contributed by atoms with Crippen LogP contribution in [0.1, 0.15) is 11.1 Å². The van der Waals surface area contributed by atoms with Gasteiger partial charge in [0.25, 0.3) is 0 Å². The summed E-state index contributed by atoms with van der Waals surface area (Å²) in [7, 11) is -3.93. The van der Waals surface area contributed by atoms with Crippen LogP contribution in [0, 0.1) is 6.92 Å². The van der Waals surface area contributed by atoms with Crippen LogP contribution in [0.5, 0.6) is 0 Å². The van der Waals surface area contributed by atoms with E-state index in [4.69, 9.17) is 4.74 Å². The number of sulfonamides is 1. The number of hydrogen-bond donors (Lipinski definition) is 3. The fourth-order valence-electron chi connectivity index (χ4n) is 4.49. The van der Waals surface area contributed by atoms with Crippen LogP contribution in [0.2, 0.25) is 0 Å². The molecule has 0 aliphatic carbocycles. The quantitative estimate of drug-likeness (QED) is 0.329. The molecule has 3 N–H and O–H groups in total. The van der Waals surface area contributed by atoms with Crippen LogP contribution < -0.4 is 14.9 Å². The number of morpholine rings is 1. The van der Waals surface area contributed by atoms with Gasteiger partial charge >= 0.3 is 0 Å². The van der Waals surface area contributed by atoms with Crippen molar-refractivity contribution in [3.05, 3.63) is 90.1 Å². The molecule has 0 saturated carbocycles. The number of para-hydroxylation sites is 1. The average molecular weight is 519 g/mol. The predicted molar refractivity (Wildman–Crippen MR) is 145 cm³/mol. The van der Waals surface area contributed by atoms with Gasteiger partial charge in [0.2, 0.25) is 15.9 Å². The first-order valence-corrected chi connectivity index (χ1v) is 13.7. The van der Waals surface area contributed by atoms with E-state index in [0.29, 0.717) is 18.9 Å². The van der Waals surface area contributed by atoms with E-state index in [1.807, 2.05) is 61.7 Å². The normalized spacial score (nSPS) is 15.0. The molecule has 1 unspecified atom stereocenters. The van der Waals surface area contributed by atoms with Gasteiger partial charge in [-0.3, -0.25) is 4.79 Å². The Morgan fingerprint density at radius 3 is 2.43 bits per heavy atom. The second kappa shape index (κ2) is 10.8. The molecule has 2 heterocycles. The number of fused-ring (bicyclic) bond motifs is 1. The number of aryl methyl sites for hydroxylation is 1. The lowest BCUT2D eigenvalue weighted by Gasteiger charge is -2.29. The lowest BCUT2D eigenvalue weighted by atomic mass is 10.0. The van der Waals surface area contributed by atoms with Crippen LogP contribution in [0.25, 0.3) is 10.9 Å². The first-order valence-electron chi connectivity index (χ1n) is 12.3. The third-order valence-electron chi connectivity index (χ3n) is 6.56. The number of amides is 1. The van der Waals surface area contributed by atoms with Gasteiger partial charge in [-0.25, -0.2) is 8.42 Å². The highest BCUT2D eigenvalue weighted by atomic mass is 32.2. The molecule has 1 fully saturated rings. The zero-order valence-corrected chi connectivity index (χ0v) is 21.4. The largest absolute Gasteiger partial charge is 0.378 e. The fraction of sp³-hybridized carbons (Fsp3) is 0.250. The molecule has 4 aromatic rings. The van der Waals surface area contributed by atoms with Gasteiger partial charge in [-0.1, -0.05) is 35.9 Å². The highest BCUT2D eigenvalue weighted by molar-refractivity contribution is 7.89. The van der Waals surface area contributed by atoms with Crippen LogP contribution >= 0.6 is 0 Å². The number of H-pyrrole nitrogens is 1. The van der Waals surface area contributed by atoms with Crippen molar-refractivity contribution < 1.29 is 17.9 Å². The Bertz CT molecular complexity index is 1470. The molecular weight excluding hydrogens is 488 g/mol. The van der Waals surface area contributed by atoms with Crippen molar-refractivity contribution in [3.63, 3.8) is 0 Å². The molecular formula is C28H30N4O4S. The molecule has 0 spiro atoms. The average Bonchev–Trinajstić information content (AvgIpc) is 3.32. The summed E-state index contributed by atoms with van der Waals surface area (Å²) in [5.74, 6) is -0.430. The molecule has 9 heteroatoms. The number of benzene rings is 3. The van der Waals surface area contributed by atoms with Crippen molar-refractivity contribution >= 4 is 38.2 Å². The number of rotatable bonds is 8. The Morgan fingerprint density at radius 1 is 1.00 bits per heavy atom. The summed E-state index contributed by atoms with van der Waals surface area (Å²) in [4.78, 5) is 19.0. The van der Waals surface area contributed by atoms with Crippen molar-refractivity contribution in [1.29, 1.82) is 0 Å². The van der Waals surface area contributed by atoms with Gasteiger partial charge in [0.1, 0.15) is 6.04 Å². The molecule has 1 atom stereocenters. The zero-order valence-electron chi connectivity index (χ0n) is 20.6. The molecule has 3 aromatic carbocycles. The number of aromatic amines is 1. The Hall–Kier alpha value is -3.66. The van der Waals surface area contributed by atoms with E-state index in [1.165, 1.54) is 0 Å². The number of ether oxygens (including phenoxy) is 1. The maximum absolute atomic E-state index is 13.4. The minimum atomic E-state index is -3.93.